The number of rotatable bonds is 6. The summed E-state index contributed by atoms with van der Waals surface area (Å²) in [5.74, 6) is 2.22. The van der Waals surface area contributed by atoms with Gasteiger partial charge in [0.2, 0.25) is 0 Å². The van der Waals surface area contributed by atoms with E-state index in [2.05, 4.69) is 17.8 Å². The molecule has 4 nitrogen and oxygen atoms in total. The minimum Gasteiger partial charge on any atom is -0.494 e. The van der Waals surface area contributed by atoms with Crippen molar-refractivity contribution in [2.45, 2.75) is 20.3 Å². The molecule has 98 valence electrons. The quantitative estimate of drug-likeness (QED) is 0.817. The van der Waals surface area contributed by atoms with Crippen LogP contribution in [0.15, 0.2) is 16.7 Å². The lowest BCUT2D eigenvalue weighted by Crippen LogP contribution is -1.97. The standard InChI is InChI=1S/C13H17NO3S/c1-3-15-9-7-11(16-4-2)13-10(5-6-18)14-17-12(13)8-9/h7-8,18H,3-6H2,1-2H3. The van der Waals surface area contributed by atoms with Gasteiger partial charge >= 0.3 is 0 Å². The fraction of sp³-hybridized carbons (Fsp3) is 0.462. The molecule has 0 saturated heterocycles. The van der Waals surface area contributed by atoms with E-state index in [9.17, 15) is 0 Å². The summed E-state index contributed by atoms with van der Waals surface area (Å²) < 4.78 is 16.5. The molecule has 0 unspecified atom stereocenters. The maximum absolute atomic E-state index is 5.65. The molecule has 0 radical (unpaired) electrons. The maximum atomic E-state index is 5.65. The monoisotopic (exact) mass is 267 g/mol. The molecule has 0 fully saturated rings. The van der Waals surface area contributed by atoms with Crippen LogP contribution in [0.3, 0.4) is 0 Å². The number of ether oxygens (including phenoxy) is 2. The van der Waals surface area contributed by atoms with Crippen LogP contribution in [-0.4, -0.2) is 24.1 Å². The smallest absolute Gasteiger partial charge is 0.174 e. The third-order valence-electron chi connectivity index (χ3n) is 2.54. The molecular formula is C13H17NO3S. The van der Waals surface area contributed by atoms with Crippen molar-refractivity contribution >= 4 is 23.6 Å². The fourth-order valence-corrected chi connectivity index (χ4v) is 2.08. The first-order valence-corrected chi connectivity index (χ1v) is 6.72. The summed E-state index contributed by atoms with van der Waals surface area (Å²) in [7, 11) is 0. The number of hydrogen-bond acceptors (Lipinski definition) is 5. The summed E-state index contributed by atoms with van der Waals surface area (Å²) in [6.07, 6.45) is 0.754. The summed E-state index contributed by atoms with van der Waals surface area (Å²) >= 11 is 4.23. The second kappa shape index (κ2) is 6.00. The Balaban J connectivity index is 2.52. The van der Waals surface area contributed by atoms with Gasteiger partial charge in [0.05, 0.1) is 24.3 Å². The summed E-state index contributed by atoms with van der Waals surface area (Å²) in [4.78, 5) is 0. The summed E-state index contributed by atoms with van der Waals surface area (Å²) in [6.45, 7) is 5.09. The molecule has 0 aliphatic carbocycles. The van der Waals surface area contributed by atoms with E-state index in [0.29, 0.717) is 18.8 Å². The SMILES string of the molecule is CCOc1cc(OCC)c2c(CCS)noc2c1. The number of thiol groups is 1. The van der Waals surface area contributed by atoms with Crippen molar-refractivity contribution < 1.29 is 14.0 Å². The molecular weight excluding hydrogens is 250 g/mol. The highest BCUT2D eigenvalue weighted by atomic mass is 32.1. The molecule has 0 spiro atoms. The van der Waals surface area contributed by atoms with Crippen LogP contribution < -0.4 is 9.47 Å². The highest BCUT2D eigenvalue weighted by Gasteiger charge is 2.15. The third kappa shape index (κ3) is 2.56. The number of fused-ring (bicyclic) bond motifs is 1. The predicted molar refractivity (Wildman–Crippen MR) is 73.9 cm³/mol. The van der Waals surface area contributed by atoms with Crippen LogP contribution in [-0.2, 0) is 6.42 Å². The van der Waals surface area contributed by atoms with E-state index in [0.717, 1.165) is 34.8 Å². The van der Waals surface area contributed by atoms with Crippen LogP contribution in [0.25, 0.3) is 11.0 Å². The Morgan fingerprint density at radius 1 is 1.22 bits per heavy atom. The highest BCUT2D eigenvalue weighted by Crippen LogP contribution is 2.34. The third-order valence-corrected chi connectivity index (χ3v) is 2.77. The average Bonchev–Trinajstić information content (AvgIpc) is 2.74. The van der Waals surface area contributed by atoms with Gasteiger partial charge in [-0.3, -0.25) is 0 Å². The van der Waals surface area contributed by atoms with Gasteiger partial charge < -0.3 is 14.0 Å². The first kappa shape index (κ1) is 13.1. The number of nitrogens with zero attached hydrogens (tertiary/aromatic N) is 1. The van der Waals surface area contributed by atoms with Crippen molar-refractivity contribution in [2.75, 3.05) is 19.0 Å². The van der Waals surface area contributed by atoms with Crippen LogP contribution in [0.2, 0.25) is 0 Å². The molecule has 0 bridgehead atoms. The second-order valence-electron chi connectivity index (χ2n) is 3.76. The Morgan fingerprint density at radius 2 is 2.00 bits per heavy atom. The van der Waals surface area contributed by atoms with E-state index in [1.807, 2.05) is 26.0 Å². The molecule has 0 aliphatic heterocycles. The van der Waals surface area contributed by atoms with Gasteiger partial charge in [-0.1, -0.05) is 5.16 Å². The Labute approximate surface area is 112 Å². The fourth-order valence-electron chi connectivity index (χ4n) is 1.87. The number of aromatic nitrogens is 1. The lowest BCUT2D eigenvalue weighted by molar-refractivity contribution is 0.325. The van der Waals surface area contributed by atoms with Crippen LogP contribution in [0.5, 0.6) is 11.5 Å². The molecule has 2 rings (SSSR count). The largest absolute Gasteiger partial charge is 0.494 e. The van der Waals surface area contributed by atoms with Crippen molar-refractivity contribution in [2.24, 2.45) is 0 Å². The van der Waals surface area contributed by atoms with Gasteiger partial charge in [-0.15, -0.1) is 0 Å². The lowest BCUT2D eigenvalue weighted by Gasteiger charge is -2.08. The molecule has 1 aromatic heterocycles. The molecule has 1 heterocycles. The van der Waals surface area contributed by atoms with Gasteiger partial charge in [-0.05, 0) is 19.6 Å². The topological polar surface area (TPSA) is 44.5 Å². The van der Waals surface area contributed by atoms with E-state index in [1.165, 1.54) is 0 Å². The zero-order valence-electron chi connectivity index (χ0n) is 10.6. The van der Waals surface area contributed by atoms with Crippen molar-refractivity contribution in [3.8, 4) is 11.5 Å². The van der Waals surface area contributed by atoms with Crippen molar-refractivity contribution in [1.29, 1.82) is 0 Å². The van der Waals surface area contributed by atoms with Gasteiger partial charge in [0.25, 0.3) is 0 Å². The summed E-state index contributed by atoms with van der Waals surface area (Å²) in [6, 6.07) is 3.73. The number of aryl methyl sites for hydroxylation is 1. The van der Waals surface area contributed by atoms with Crippen molar-refractivity contribution in [1.82, 2.24) is 5.16 Å². The molecule has 18 heavy (non-hydrogen) atoms. The maximum Gasteiger partial charge on any atom is 0.174 e. The Hall–Kier alpha value is -1.36. The molecule has 1 aromatic carbocycles. The molecule has 5 heteroatoms. The number of hydrogen-bond donors (Lipinski definition) is 1. The van der Waals surface area contributed by atoms with Crippen molar-refractivity contribution in [3.63, 3.8) is 0 Å². The van der Waals surface area contributed by atoms with E-state index in [4.69, 9.17) is 14.0 Å². The highest BCUT2D eigenvalue weighted by molar-refractivity contribution is 7.80. The molecule has 0 N–H and O–H groups in total. The Bertz CT molecular complexity index is 524. The molecule has 2 aromatic rings. The van der Waals surface area contributed by atoms with Gasteiger partial charge in [0.1, 0.15) is 11.5 Å². The van der Waals surface area contributed by atoms with E-state index < -0.39 is 0 Å². The van der Waals surface area contributed by atoms with E-state index in [1.54, 1.807) is 0 Å². The van der Waals surface area contributed by atoms with Gasteiger partial charge in [-0.25, -0.2) is 0 Å². The minimum atomic E-state index is 0.593. The van der Waals surface area contributed by atoms with E-state index in [-0.39, 0.29) is 0 Å². The first-order valence-electron chi connectivity index (χ1n) is 6.08. The molecule has 0 atom stereocenters. The minimum absolute atomic E-state index is 0.593. The molecule has 0 aliphatic rings. The molecule has 0 amide bonds. The second-order valence-corrected chi connectivity index (χ2v) is 4.21. The van der Waals surface area contributed by atoms with Gasteiger partial charge in [0.15, 0.2) is 5.58 Å². The van der Waals surface area contributed by atoms with Crippen LogP contribution >= 0.6 is 12.6 Å². The van der Waals surface area contributed by atoms with Gasteiger partial charge in [-0.2, -0.15) is 12.6 Å². The Kier molecular flexibility index (Phi) is 4.36. The van der Waals surface area contributed by atoms with Crippen LogP contribution in [0.4, 0.5) is 0 Å². The van der Waals surface area contributed by atoms with Crippen LogP contribution in [0, 0.1) is 0 Å². The zero-order chi connectivity index (χ0) is 13.0. The normalized spacial score (nSPS) is 10.8. The number of benzene rings is 1. The lowest BCUT2D eigenvalue weighted by atomic mass is 10.1. The summed E-state index contributed by atoms with van der Waals surface area (Å²) in [5.41, 5.74) is 1.58. The Morgan fingerprint density at radius 3 is 2.67 bits per heavy atom. The van der Waals surface area contributed by atoms with Crippen molar-refractivity contribution in [3.05, 3.63) is 17.8 Å². The van der Waals surface area contributed by atoms with E-state index >= 15 is 0 Å². The zero-order valence-corrected chi connectivity index (χ0v) is 11.5. The molecule has 0 saturated carbocycles. The van der Waals surface area contributed by atoms with Gasteiger partial charge in [0, 0.05) is 18.6 Å². The predicted octanol–water partition coefficient (Wildman–Crippen LogP) is 3.10. The van der Waals surface area contributed by atoms with Crippen LogP contribution in [0.1, 0.15) is 19.5 Å². The average molecular weight is 267 g/mol. The summed E-state index contributed by atoms with van der Waals surface area (Å²) in [5, 5.41) is 5.00. The first-order chi connectivity index (χ1) is 8.80.